The topological polar surface area (TPSA) is 92.6 Å². The average Bonchev–Trinajstić information content (AvgIpc) is 3.18. The van der Waals surface area contributed by atoms with Gasteiger partial charge in [-0.2, -0.15) is 0 Å². The molecule has 0 radical (unpaired) electrons. The van der Waals surface area contributed by atoms with Gasteiger partial charge in [-0.25, -0.2) is 0 Å². The van der Waals surface area contributed by atoms with Gasteiger partial charge in [0.05, 0.1) is 11.3 Å². The lowest BCUT2D eigenvalue weighted by molar-refractivity contribution is -0.385. The van der Waals surface area contributed by atoms with Crippen LogP contribution in [-0.2, 0) is 11.2 Å². The van der Waals surface area contributed by atoms with Gasteiger partial charge < -0.3 is 10.2 Å². The van der Waals surface area contributed by atoms with Crippen LogP contribution in [0.1, 0.15) is 34.3 Å². The SMILES string of the molecule is Cc1c(C(=O)Nc2ccc(CC(=O)N3CCCC3)cc2)cccc1[N+](=O)[O-]. The summed E-state index contributed by atoms with van der Waals surface area (Å²) >= 11 is 0. The Morgan fingerprint density at radius 1 is 1.11 bits per heavy atom. The summed E-state index contributed by atoms with van der Waals surface area (Å²) in [6.07, 6.45) is 2.47. The number of amides is 2. The van der Waals surface area contributed by atoms with Crippen molar-refractivity contribution in [2.45, 2.75) is 26.2 Å². The normalized spacial score (nSPS) is 13.4. The Balaban J connectivity index is 1.66. The van der Waals surface area contributed by atoms with Gasteiger partial charge >= 0.3 is 0 Å². The van der Waals surface area contributed by atoms with Crippen molar-refractivity contribution in [3.05, 3.63) is 69.3 Å². The molecule has 0 aromatic heterocycles. The number of nitro benzene ring substituents is 1. The molecule has 2 aromatic rings. The van der Waals surface area contributed by atoms with Gasteiger partial charge in [0.2, 0.25) is 5.91 Å². The van der Waals surface area contributed by atoms with Crippen LogP contribution < -0.4 is 5.32 Å². The van der Waals surface area contributed by atoms with Crippen LogP contribution in [0.4, 0.5) is 11.4 Å². The van der Waals surface area contributed by atoms with Crippen molar-refractivity contribution < 1.29 is 14.5 Å². The molecule has 1 aliphatic rings. The molecule has 0 unspecified atom stereocenters. The maximum atomic E-state index is 12.5. The summed E-state index contributed by atoms with van der Waals surface area (Å²) in [5.74, 6) is -0.284. The number of hydrogen-bond donors (Lipinski definition) is 1. The molecule has 3 rings (SSSR count). The molecule has 1 aliphatic heterocycles. The number of rotatable bonds is 5. The van der Waals surface area contributed by atoms with Crippen molar-refractivity contribution in [1.82, 2.24) is 4.90 Å². The van der Waals surface area contributed by atoms with Crippen molar-refractivity contribution in [3.8, 4) is 0 Å². The molecule has 2 amide bonds. The minimum Gasteiger partial charge on any atom is -0.342 e. The van der Waals surface area contributed by atoms with Crippen LogP contribution in [0.25, 0.3) is 0 Å². The first kappa shape index (κ1) is 18.6. The predicted molar refractivity (Wildman–Crippen MR) is 102 cm³/mol. The highest BCUT2D eigenvalue weighted by atomic mass is 16.6. The van der Waals surface area contributed by atoms with Crippen LogP contribution >= 0.6 is 0 Å². The number of likely N-dealkylation sites (tertiary alicyclic amines) is 1. The van der Waals surface area contributed by atoms with Gasteiger partial charge in [-0.15, -0.1) is 0 Å². The molecule has 1 N–H and O–H groups in total. The van der Waals surface area contributed by atoms with Crippen molar-refractivity contribution in [1.29, 1.82) is 0 Å². The fourth-order valence-electron chi connectivity index (χ4n) is 3.22. The molecule has 2 aromatic carbocycles. The van der Waals surface area contributed by atoms with Crippen molar-refractivity contribution in [2.24, 2.45) is 0 Å². The summed E-state index contributed by atoms with van der Waals surface area (Å²) in [5.41, 5.74) is 1.96. The second-order valence-electron chi connectivity index (χ2n) is 6.62. The molecule has 0 spiro atoms. The zero-order valence-corrected chi connectivity index (χ0v) is 15.1. The first-order chi connectivity index (χ1) is 13.0. The van der Waals surface area contributed by atoms with E-state index < -0.39 is 10.8 Å². The lowest BCUT2D eigenvalue weighted by Crippen LogP contribution is -2.29. The Bertz CT molecular complexity index is 871. The maximum Gasteiger partial charge on any atom is 0.273 e. The molecule has 140 valence electrons. The first-order valence-corrected chi connectivity index (χ1v) is 8.88. The smallest absolute Gasteiger partial charge is 0.273 e. The molecule has 1 saturated heterocycles. The molecule has 7 nitrogen and oxygen atoms in total. The summed E-state index contributed by atoms with van der Waals surface area (Å²) < 4.78 is 0. The summed E-state index contributed by atoms with van der Waals surface area (Å²) in [6, 6.07) is 11.5. The molecule has 0 atom stereocenters. The van der Waals surface area contributed by atoms with Crippen molar-refractivity contribution in [2.75, 3.05) is 18.4 Å². The third-order valence-corrected chi connectivity index (χ3v) is 4.77. The molecular weight excluding hydrogens is 346 g/mol. The third kappa shape index (κ3) is 4.31. The number of anilines is 1. The lowest BCUT2D eigenvalue weighted by Gasteiger charge is -2.15. The van der Waals surface area contributed by atoms with Crippen LogP contribution in [-0.4, -0.2) is 34.7 Å². The number of nitrogens with one attached hydrogen (secondary N) is 1. The highest BCUT2D eigenvalue weighted by Crippen LogP contribution is 2.22. The fourth-order valence-corrected chi connectivity index (χ4v) is 3.22. The third-order valence-electron chi connectivity index (χ3n) is 4.77. The van der Waals surface area contributed by atoms with E-state index in [-0.39, 0.29) is 17.2 Å². The Kier molecular flexibility index (Phi) is 5.49. The Morgan fingerprint density at radius 2 is 1.78 bits per heavy atom. The molecule has 27 heavy (non-hydrogen) atoms. The summed E-state index contributed by atoms with van der Waals surface area (Å²) in [4.78, 5) is 37.0. The largest absolute Gasteiger partial charge is 0.342 e. The first-order valence-electron chi connectivity index (χ1n) is 8.88. The highest BCUT2D eigenvalue weighted by molar-refractivity contribution is 6.05. The van der Waals surface area contributed by atoms with Gasteiger partial charge in [0.15, 0.2) is 0 Å². The van der Waals surface area contributed by atoms with E-state index >= 15 is 0 Å². The molecule has 0 saturated carbocycles. The van der Waals surface area contributed by atoms with E-state index in [1.165, 1.54) is 12.1 Å². The maximum absolute atomic E-state index is 12.5. The molecule has 1 heterocycles. The van der Waals surface area contributed by atoms with Crippen LogP contribution in [0.3, 0.4) is 0 Å². The van der Waals surface area contributed by atoms with E-state index in [4.69, 9.17) is 0 Å². The van der Waals surface area contributed by atoms with Crippen LogP contribution in [0, 0.1) is 17.0 Å². The summed E-state index contributed by atoms with van der Waals surface area (Å²) in [7, 11) is 0. The monoisotopic (exact) mass is 367 g/mol. The Labute approximate surface area is 157 Å². The van der Waals surface area contributed by atoms with Crippen LogP contribution in [0.15, 0.2) is 42.5 Å². The van der Waals surface area contributed by atoms with Gasteiger partial charge in [0, 0.05) is 36.0 Å². The highest BCUT2D eigenvalue weighted by Gasteiger charge is 2.19. The fraction of sp³-hybridized carbons (Fsp3) is 0.300. The standard InChI is InChI=1S/C20H21N3O4/c1-14-17(5-4-6-18(14)23(26)27)20(25)21-16-9-7-15(8-10-16)13-19(24)22-11-2-3-12-22/h4-10H,2-3,11-13H2,1H3,(H,21,25). The van der Waals surface area contributed by atoms with E-state index in [2.05, 4.69) is 5.32 Å². The number of carbonyl (C=O) groups excluding carboxylic acids is 2. The molecule has 7 heteroatoms. The molecule has 0 bridgehead atoms. The number of hydrogen-bond acceptors (Lipinski definition) is 4. The van der Waals surface area contributed by atoms with Crippen molar-refractivity contribution in [3.63, 3.8) is 0 Å². The molecular formula is C20H21N3O4. The van der Waals surface area contributed by atoms with E-state index in [1.807, 2.05) is 17.0 Å². The number of nitro groups is 1. The molecule has 1 fully saturated rings. The Hall–Kier alpha value is -3.22. The van der Waals surface area contributed by atoms with Crippen LogP contribution in [0.2, 0.25) is 0 Å². The number of benzene rings is 2. The van der Waals surface area contributed by atoms with Crippen LogP contribution in [0.5, 0.6) is 0 Å². The van der Waals surface area contributed by atoms with E-state index in [0.29, 0.717) is 17.7 Å². The number of carbonyl (C=O) groups is 2. The van der Waals surface area contributed by atoms with E-state index in [1.54, 1.807) is 25.1 Å². The summed E-state index contributed by atoms with van der Waals surface area (Å²) in [5, 5.41) is 13.8. The van der Waals surface area contributed by atoms with Gasteiger partial charge in [-0.05, 0) is 43.5 Å². The minimum absolute atomic E-state index is 0.0848. The van der Waals surface area contributed by atoms with Gasteiger partial charge in [0.1, 0.15) is 0 Å². The zero-order chi connectivity index (χ0) is 19.4. The second kappa shape index (κ2) is 7.99. The van der Waals surface area contributed by atoms with E-state index in [0.717, 1.165) is 31.5 Å². The zero-order valence-electron chi connectivity index (χ0n) is 15.1. The van der Waals surface area contributed by atoms with E-state index in [9.17, 15) is 19.7 Å². The minimum atomic E-state index is -0.502. The molecule has 0 aliphatic carbocycles. The average molecular weight is 367 g/mol. The summed E-state index contributed by atoms with van der Waals surface area (Å²) in [6.45, 7) is 3.21. The second-order valence-corrected chi connectivity index (χ2v) is 6.62. The number of nitrogens with zero attached hydrogens (tertiary/aromatic N) is 2. The van der Waals surface area contributed by atoms with Gasteiger partial charge in [-0.1, -0.05) is 18.2 Å². The van der Waals surface area contributed by atoms with Gasteiger partial charge in [-0.3, -0.25) is 19.7 Å². The predicted octanol–water partition coefficient (Wildman–Crippen LogP) is 3.32. The van der Waals surface area contributed by atoms with Crippen molar-refractivity contribution >= 4 is 23.2 Å². The Morgan fingerprint density at radius 3 is 2.41 bits per heavy atom. The van der Waals surface area contributed by atoms with Gasteiger partial charge in [0.25, 0.3) is 11.6 Å². The lowest BCUT2D eigenvalue weighted by atomic mass is 10.1. The quantitative estimate of drug-likeness (QED) is 0.648.